The van der Waals surface area contributed by atoms with Crippen molar-refractivity contribution >= 4 is 27.4 Å². The number of carbonyl (C=O) groups is 1. The number of nitrogens with zero attached hydrogens (tertiary/aromatic N) is 2. The Labute approximate surface area is 316 Å². The zero-order valence-corrected chi connectivity index (χ0v) is 31.6. The maximum absolute atomic E-state index is 13.7. The van der Waals surface area contributed by atoms with Crippen LogP contribution in [0, 0.1) is 0 Å². The topological polar surface area (TPSA) is 187 Å². The van der Waals surface area contributed by atoms with E-state index >= 15 is 0 Å². The van der Waals surface area contributed by atoms with Crippen LogP contribution in [-0.2, 0) is 31.8 Å². The molecule has 2 aliphatic carbocycles. The maximum Gasteiger partial charge on any atom is 0.243 e. The number of rotatable bonds is 23. The molecule has 0 bridgehead atoms. The van der Waals surface area contributed by atoms with Crippen molar-refractivity contribution in [2.75, 3.05) is 19.7 Å². The molecule has 1 aromatic heterocycles. The van der Waals surface area contributed by atoms with Crippen LogP contribution in [0.2, 0.25) is 5.02 Å². The van der Waals surface area contributed by atoms with Gasteiger partial charge in [-0.05, 0) is 86.4 Å². The van der Waals surface area contributed by atoms with Crippen molar-refractivity contribution in [3.63, 3.8) is 0 Å². The van der Waals surface area contributed by atoms with E-state index < -0.39 is 46.6 Å². The quantitative estimate of drug-likeness (QED) is 0.0854. The molecule has 2 aromatic carbocycles. The van der Waals surface area contributed by atoms with Gasteiger partial charge >= 0.3 is 0 Å². The molecule has 0 saturated heterocycles. The summed E-state index contributed by atoms with van der Waals surface area (Å²) < 4.78 is 41.7. The first-order valence-electron chi connectivity index (χ1n) is 18.4. The second-order valence-electron chi connectivity index (χ2n) is 14.0. The lowest BCUT2D eigenvalue weighted by atomic mass is 9.96. The highest BCUT2D eigenvalue weighted by Crippen LogP contribution is 2.53. The third-order valence-electron chi connectivity index (χ3n) is 9.93. The number of carbonyl (C=O) groups excluding carboxylic acids is 1. The van der Waals surface area contributed by atoms with Gasteiger partial charge in [0.2, 0.25) is 10.0 Å². The van der Waals surface area contributed by atoms with Gasteiger partial charge in [-0.2, -0.15) is 4.31 Å². The highest BCUT2D eigenvalue weighted by atomic mass is 35.5. The molecule has 2 fully saturated rings. The summed E-state index contributed by atoms with van der Waals surface area (Å²) in [5.74, 6) is 0.682. The van der Waals surface area contributed by atoms with Crippen molar-refractivity contribution in [2.24, 2.45) is 0 Å². The monoisotopic (exact) mass is 774 g/mol. The van der Waals surface area contributed by atoms with E-state index in [2.05, 4.69) is 4.98 Å². The van der Waals surface area contributed by atoms with Crippen molar-refractivity contribution in [2.45, 2.75) is 119 Å². The fraction of sp³-hybridized carbons (Fsp3) is 0.538. The van der Waals surface area contributed by atoms with Crippen LogP contribution >= 0.6 is 11.6 Å². The third-order valence-corrected chi connectivity index (χ3v) is 12.3. The van der Waals surface area contributed by atoms with E-state index in [9.17, 15) is 33.6 Å². The molecule has 4 atom stereocenters. The van der Waals surface area contributed by atoms with Crippen molar-refractivity contribution in [3.05, 3.63) is 77.1 Å². The minimum absolute atomic E-state index is 0.0357. The van der Waals surface area contributed by atoms with Crippen LogP contribution in [0.5, 0.6) is 5.75 Å². The molecule has 0 unspecified atom stereocenters. The number of ketones is 1. The summed E-state index contributed by atoms with van der Waals surface area (Å²) in [5, 5.41) is 48.4. The Kier molecular flexibility index (Phi) is 14.4. The number of pyridine rings is 1. The molecule has 290 valence electrons. The number of benzene rings is 2. The molecular weight excluding hydrogens is 724 g/mol. The van der Waals surface area contributed by atoms with Gasteiger partial charge in [0.1, 0.15) is 29.8 Å². The summed E-state index contributed by atoms with van der Waals surface area (Å²) in [5.41, 5.74) is 2.91. The molecule has 5 rings (SSSR count). The van der Waals surface area contributed by atoms with Crippen molar-refractivity contribution < 1.29 is 48.2 Å². The lowest BCUT2D eigenvalue weighted by molar-refractivity contribution is -0.125. The van der Waals surface area contributed by atoms with Crippen LogP contribution in [0.4, 0.5) is 0 Å². The van der Waals surface area contributed by atoms with E-state index in [0.717, 1.165) is 48.1 Å². The normalized spacial score (nSPS) is 17.7. The number of Topliss-reactive ketones (excluding diaryl/α,β-unsaturated/α-hetero) is 1. The molecule has 3 aromatic rings. The Morgan fingerprint density at radius 2 is 1.72 bits per heavy atom. The molecule has 5 N–H and O–H groups in total. The van der Waals surface area contributed by atoms with Crippen molar-refractivity contribution in [1.82, 2.24) is 9.29 Å². The molecule has 12 nitrogen and oxygen atoms in total. The Hall–Kier alpha value is -2.98. The average Bonchev–Trinajstić information content (AvgIpc) is 4.11. The predicted octanol–water partition coefficient (Wildman–Crippen LogP) is 4.51. The van der Waals surface area contributed by atoms with Gasteiger partial charge in [0.25, 0.3) is 0 Å². The number of halogens is 1. The molecule has 0 radical (unpaired) electrons. The van der Waals surface area contributed by atoms with Gasteiger partial charge in [-0.3, -0.25) is 9.78 Å². The fourth-order valence-electron chi connectivity index (χ4n) is 6.35. The first kappa shape index (κ1) is 41.2. The van der Waals surface area contributed by atoms with E-state index in [1.54, 1.807) is 25.3 Å². The number of hydrogen-bond donors (Lipinski definition) is 5. The maximum atomic E-state index is 13.7. The van der Waals surface area contributed by atoms with Gasteiger partial charge < -0.3 is 35.0 Å². The lowest BCUT2D eigenvalue weighted by Gasteiger charge is -2.25. The highest BCUT2D eigenvalue weighted by molar-refractivity contribution is 7.89. The number of aromatic nitrogens is 1. The summed E-state index contributed by atoms with van der Waals surface area (Å²) in [7, 11) is -3.86. The Morgan fingerprint density at radius 3 is 2.42 bits per heavy atom. The van der Waals surface area contributed by atoms with Gasteiger partial charge in [-0.15, -0.1) is 0 Å². The van der Waals surface area contributed by atoms with E-state index in [4.69, 9.17) is 26.2 Å². The van der Waals surface area contributed by atoms with Gasteiger partial charge in [0.05, 0.1) is 35.9 Å². The number of sulfonamides is 1. The highest BCUT2D eigenvalue weighted by Gasteiger charge is 2.48. The lowest BCUT2D eigenvalue weighted by Crippen LogP contribution is -2.45. The van der Waals surface area contributed by atoms with E-state index in [1.807, 2.05) is 36.5 Å². The standard InChI is InChI=1S/C39H51ClN2O10S/c1-2-42(21-7-3-4-8-27(44)11-16-34(45)37(47)38(48)35(46)24-43)53(49,50)29-14-15-33(40)26(22-29)25-51-39(18-19-39)32-23-41-20-17-30(32)31-9-5-6-10-36(31)52-28-12-13-28/h5-6,9-10,14-15,17,20,22-23,28,34-35,37-38,43,45-48H,2-4,7-8,11-13,16,18-19,21,24-25H2,1H3/t34-,35+,37+,38+/m0/s1. The minimum Gasteiger partial charge on any atom is -0.490 e. The van der Waals surface area contributed by atoms with Gasteiger partial charge in [0, 0.05) is 54.5 Å². The summed E-state index contributed by atoms with van der Waals surface area (Å²) in [6.45, 7) is 1.62. The van der Waals surface area contributed by atoms with Gasteiger partial charge in [-0.25, -0.2) is 8.42 Å². The molecule has 2 aliphatic rings. The molecular formula is C39H51ClN2O10S. The second-order valence-corrected chi connectivity index (χ2v) is 16.3. The first-order valence-corrected chi connectivity index (χ1v) is 20.2. The van der Waals surface area contributed by atoms with E-state index in [1.165, 1.54) is 10.4 Å². The Morgan fingerprint density at radius 1 is 0.981 bits per heavy atom. The largest absolute Gasteiger partial charge is 0.490 e. The zero-order chi connectivity index (χ0) is 38.2. The Bertz CT molecular complexity index is 1790. The van der Waals surface area contributed by atoms with Crippen molar-refractivity contribution in [1.29, 1.82) is 0 Å². The number of ether oxygens (including phenoxy) is 2. The van der Waals surface area contributed by atoms with Crippen molar-refractivity contribution in [3.8, 4) is 16.9 Å². The van der Waals surface area contributed by atoms with E-state index in [-0.39, 0.29) is 55.7 Å². The molecule has 1 heterocycles. The van der Waals surface area contributed by atoms with Crippen LogP contribution in [0.1, 0.15) is 82.3 Å². The van der Waals surface area contributed by atoms with Crippen LogP contribution in [0.15, 0.2) is 65.8 Å². The number of para-hydroxylation sites is 1. The predicted molar refractivity (Wildman–Crippen MR) is 199 cm³/mol. The molecule has 2 saturated carbocycles. The second kappa shape index (κ2) is 18.6. The number of aliphatic hydroxyl groups is 5. The smallest absolute Gasteiger partial charge is 0.243 e. The number of aliphatic hydroxyl groups excluding tert-OH is 5. The molecule has 0 amide bonds. The van der Waals surface area contributed by atoms with Crippen LogP contribution in [-0.4, -0.2) is 99.2 Å². The molecule has 0 aliphatic heterocycles. The molecule has 0 spiro atoms. The average molecular weight is 775 g/mol. The first-order chi connectivity index (χ1) is 25.4. The van der Waals surface area contributed by atoms with Crippen LogP contribution in [0.3, 0.4) is 0 Å². The summed E-state index contributed by atoms with van der Waals surface area (Å²) in [6.07, 6.45) is 2.75. The van der Waals surface area contributed by atoms with Crippen LogP contribution in [0.25, 0.3) is 11.1 Å². The number of unbranched alkanes of at least 4 members (excludes halogenated alkanes) is 2. The summed E-state index contributed by atoms with van der Waals surface area (Å²) in [6, 6.07) is 14.6. The third kappa shape index (κ3) is 10.6. The minimum atomic E-state index is -3.86. The molecule has 53 heavy (non-hydrogen) atoms. The van der Waals surface area contributed by atoms with Gasteiger partial charge in [-0.1, -0.05) is 43.1 Å². The fourth-order valence-corrected chi connectivity index (χ4v) is 8.06. The van der Waals surface area contributed by atoms with E-state index in [0.29, 0.717) is 29.8 Å². The Balaban J connectivity index is 1.14. The summed E-state index contributed by atoms with van der Waals surface area (Å²) in [4.78, 5) is 16.9. The molecule has 14 heteroatoms. The SMILES string of the molecule is CCN(CCCCCC(=O)CC[C@H](O)[C@@H](O)[C@H](O)[C@H](O)CO)S(=O)(=O)c1ccc(Cl)c(COC2(c3cnccc3-c3ccccc3OC3CC3)CC2)c1. The zero-order valence-electron chi connectivity index (χ0n) is 30.0. The van der Waals surface area contributed by atoms with Crippen LogP contribution < -0.4 is 4.74 Å². The van der Waals surface area contributed by atoms with Gasteiger partial charge in [0.15, 0.2) is 0 Å². The number of hydrogen-bond acceptors (Lipinski definition) is 11. The summed E-state index contributed by atoms with van der Waals surface area (Å²) >= 11 is 6.59.